The third-order valence-corrected chi connectivity index (χ3v) is 6.05. The highest BCUT2D eigenvalue weighted by Crippen LogP contribution is 2.30. The summed E-state index contributed by atoms with van der Waals surface area (Å²) in [6, 6.07) is 10.3. The molecule has 0 spiro atoms. The minimum atomic E-state index is 0.0262. The molecule has 1 saturated heterocycles. The molecule has 0 radical (unpaired) electrons. The Bertz CT molecular complexity index is 675. The number of nitrogens with one attached hydrogen (secondary N) is 1. The SMILES string of the molecule is O=C(Nc1ccc(N2CCCC2)cc1)c1cc2c(s1)CCCC2. The van der Waals surface area contributed by atoms with Gasteiger partial charge in [0.05, 0.1) is 4.88 Å². The van der Waals surface area contributed by atoms with Gasteiger partial charge in [-0.2, -0.15) is 0 Å². The third-order valence-electron chi connectivity index (χ3n) is 4.82. The van der Waals surface area contributed by atoms with E-state index in [9.17, 15) is 4.79 Å². The van der Waals surface area contributed by atoms with E-state index in [4.69, 9.17) is 0 Å². The molecule has 1 fully saturated rings. The standard InChI is InChI=1S/C19H22N2OS/c22-19(18-13-14-5-1-2-6-17(14)23-18)20-15-7-9-16(10-8-15)21-11-3-4-12-21/h7-10,13H,1-6,11-12H2,(H,20,22). The van der Waals surface area contributed by atoms with Crippen molar-refractivity contribution < 1.29 is 4.79 Å². The van der Waals surface area contributed by atoms with Crippen molar-refractivity contribution in [1.29, 1.82) is 0 Å². The Hall–Kier alpha value is -1.81. The molecule has 1 aromatic heterocycles. The van der Waals surface area contributed by atoms with Crippen LogP contribution in [-0.2, 0) is 12.8 Å². The zero-order valence-electron chi connectivity index (χ0n) is 13.3. The van der Waals surface area contributed by atoms with Gasteiger partial charge < -0.3 is 10.2 Å². The minimum Gasteiger partial charge on any atom is -0.372 e. The van der Waals surface area contributed by atoms with E-state index in [1.807, 2.05) is 12.1 Å². The Morgan fingerprint density at radius 1 is 1.00 bits per heavy atom. The number of amides is 1. The second kappa shape index (κ2) is 6.36. The summed E-state index contributed by atoms with van der Waals surface area (Å²) in [4.78, 5) is 17.1. The van der Waals surface area contributed by atoms with Gasteiger partial charge in [-0.25, -0.2) is 0 Å². The summed E-state index contributed by atoms with van der Waals surface area (Å²) < 4.78 is 0. The number of hydrogen-bond donors (Lipinski definition) is 1. The Morgan fingerprint density at radius 3 is 2.48 bits per heavy atom. The predicted octanol–water partition coefficient (Wildman–Crippen LogP) is 4.48. The molecule has 0 saturated carbocycles. The van der Waals surface area contributed by atoms with E-state index in [1.165, 1.54) is 41.8 Å². The van der Waals surface area contributed by atoms with Crippen LogP contribution in [0.25, 0.3) is 0 Å². The number of carbonyl (C=O) groups is 1. The maximum absolute atomic E-state index is 12.5. The molecule has 0 bridgehead atoms. The van der Waals surface area contributed by atoms with Crippen LogP contribution in [-0.4, -0.2) is 19.0 Å². The zero-order valence-corrected chi connectivity index (χ0v) is 14.1. The van der Waals surface area contributed by atoms with Gasteiger partial charge in [0, 0.05) is 29.3 Å². The second-order valence-electron chi connectivity index (χ2n) is 6.46. The van der Waals surface area contributed by atoms with E-state index in [-0.39, 0.29) is 5.91 Å². The van der Waals surface area contributed by atoms with E-state index >= 15 is 0 Å². The number of benzene rings is 1. The number of anilines is 2. The van der Waals surface area contributed by atoms with E-state index < -0.39 is 0 Å². The number of nitrogens with zero attached hydrogens (tertiary/aromatic N) is 1. The van der Waals surface area contributed by atoms with Gasteiger partial charge in [-0.3, -0.25) is 4.79 Å². The van der Waals surface area contributed by atoms with Crippen LogP contribution in [0.4, 0.5) is 11.4 Å². The van der Waals surface area contributed by atoms with Crippen molar-refractivity contribution in [2.45, 2.75) is 38.5 Å². The summed E-state index contributed by atoms with van der Waals surface area (Å²) in [7, 11) is 0. The average Bonchev–Trinajstić information content (AvgIpc) is 3.25. The number of rotatable bonds is 3. The van der Waals surface area contributed by atoms with Gasteiger partial charge in [0.25, 0.3) is 5.91 Å². The first-order valence-electron chi connectivity index (χ1n) is 8.57. The van der Waals surface area contributed by atoms with Crippen LogP contribution in [0.3, 0.4) is 0 Å². The van der Waals surface area contributed by atoms with Gasteiger partial charge in [-0.05, 0) is 74.4 Å². The minimum absolute atomic E-state index is 0.0262. The molecular formula is C19H22N2OS. The summed E-state index contributed by atoms with van der Waals surface area (Å²) in [5, 5.41) is 3.04. The largest absolute Gasteiger partial charge is 0.372 e. The van der Waals surface area contributed by atoms with Crippen LogP contribution in [0.1, 0.15) is 45.8 Å². The van der Waals surface area contributed by atoms with Gasteiger partial charge in [0.2, 0.25) is 0 Å². The lowest BCUT2D eigenvalue weighted by Gasteiger charge is -2.17. The molecule has 1 aromatic carbocycles. The van der Waals surface area contributed by atoms with Gasteiger partial charge in [0.1, 0.15) is 0 Å². The average molecular weight is 326 g/mol. The topological polar surface area (TPSA) is 32.3 Å². The number of aryl methyl sites for hydroxylation is 2. The van der Waals surface area contributed by atoms with Gasteiger partial charge >= 0.3 is 0 Å². The van der Waals surface area contributed by atoms with Crippen molar-refractivity contribution >= 4 is 28.6 Å². The molecule has 3 nitrogen and oxygen atoms in total. The highest BCUT2D eigenvalue weighted by atomic mass is 32.1. The molecule has 1 aliphatic heterocycles. The van der Waals surface area contributed by atoms with Crippen LogP contribution in [0.5, 0.6) is 0 Å². The van der Waals surface area contributed by atoms with Crippen LogP contribution < -0.4 is 10.2 Å². The third kappa shape index (κ3) is 3.13. The van der Waals surface area contributed by atoms with E-state index in [2.05, 4.69) is 28.4 Å². The smallest absolute Gasteiger partial charge is 0.265 e. The molecule has 0 unspecified atom stereocenters. The summed E-state index contributed by atoms with van der Waals surface area (Å²) in [5.74, 6) is 0.0262. The van der Waals surface area contributed by atoms with Crippen molar-refractivity contribution in [3.63, 3.8) is 0 Å². The quantitative estimate of drug-likeness (QED) is 0.902. The van der Waals surface area contributed by atoms with Crippen molar-refractivity contribution in [2.75, 3.05) is 23.3 Å². The normalized spacial score (nSPS) is 17.1. The molecule has 1 aliphatic carbocycles. The second-order valence-corrected chi connectivity index (χ2v) is 7.60. The fourth-order valence-electron chi connectivity index (χ4n) is 3.53. The molecule has 1 N–H and O–H groups in total. The summed E-state index contributed by atoms with van der Waals surface area (Å²) >= 11 is 1.67. The van der Waals surface area contributed by atoms with Gasteiger partial charge in [-0.1, -0.05) is 0 Å². The molecule has 2 aromatic rings. The summed E-state index contributed by atoms with van der Waals surface area (Å²) in [5.41, 5.74) is 3.52. The Labute approximate surface area is 141 Å². The zero-order chi connectivity index (χ0) is 15.6. The van der Waals surface area contributed by atoms with Crippen molar-refractivity contribution in [2.24, 2.45) is 0 Å². The predicted molar refractivity (Wildman–Crippen MR) is 96.8 cm³/mol. The van der Waals surface area contributed by atoms with Gasteiger partial charge in [0.15, 0.2) is 0 Å². The first-order chi connectivity index (χ1) is 11.3. The maximum atomic E-state index is 12.5. The molecule has 0 atom stereocenters. The number of carbonyl (C=O) groups excluding carboxylic acids is 1. The fourth-order valence-corrected chi connectivity index (χ4v) is 4.68. The maximum Gasteiger partial charge on any atom is 0.265 e. The Morgan fingerprint density at radius 2 is 1.74 bits per heavy atom. The number of thiophene rings is 1. The molecular weight excluding hydrogens is 304 g/mol. The van der Waals surface area contributed by atoms with Crippen LogP contribution in [0, 0.1) is 0 Å². The monoisotopic (exact) mass is 326 g/mol. The van der Waals surface area contributed by atoms with Crippen molar-refractivity contribution in [3.05, 3.63) is 45.6 Å². The fraction of sp³-hybridized carbons (Fsp3) is 0.421. The van der Waals surface area contributed by atoms with E-state index in [1.54, 1.807) is 11.3 Å². The van der Waals surface area contributed by atoms with Crippen LogP contribution in [0.15, 0.2) is 30.3 Å². The Balaban J connectivity index is 1.44. The summed E-state index contributed by atoms with van der Waals surface area (Å²) in [6.07, 6.45) is 7.33. The lowest BCUT2D eigenvalue weighted by Crippen LogP contribution is -2.17. The van der Waals surface area contributed by atoms with E-state index in [0.717, 1.165) is 36.5 Å². The number of hydrogen-bond acceptors (Lipinski definition) is 3. The molecule has 1 amide bonds. The Kier molecular flexibility index (Phi) is 4.08. The highest BCUT2D eigenvalue weighted by molar-refractivity contribution is 7.14. The van der Waals surface area contributed by atoms with Gasteiger partial charge in [-0.15, -0.1) is 11.3 Å². The lowest BCUT2D eigenvalue weighted by atomic mass is 9.99. The molecule has 4 rings (SSSR count). The number of fused-ring (bicyclic) bond motifs is 1. The lowest BCUT2D eigenvalue weighted by molar-refractivity contribution is 0.103. The first kappa shape index (κ1) is 14.8. The first-order valence-corrected chi connectivity index (χ1v) is 9.39. The van der Waals surface area contributed by atoms with Crippen molar-refractivity contribution in [3.8, 4) is 0 Å². The molecule has 23 heavy (non-hydrogen) atoms. The van der Waals surface area contributed by atoms with E-state index in [0.29, 0.717) is 0 Å². The molecule has 2 aliphatic rings. The highest BCUT2D eigenvalue weighted by Gasteiger charge is 2.17. The molecule has 120 valence electrons. The summed E-state index contributed by atoms with van der Waals surface area (Å²) in [6.45, 7) is 2.29. The molecule has 2 heterocycles. The van der Waals surface area contributed by atoms with Crippen LogP contribution >= 0.6 is 11.3 Å². The molecule has 4 heteroatoms. The van der Waals surface area contributed by atoms with Crippen molar-refractivity contribution in [1.82, 2.24) is 0 Å². The van der Waals surface area contributed by atoms with Crippen LogP contribution in [0.2, 0.25) is 0 Å².